The number of rotatable bonds is 8. The number of nitrogens with zero attached hydrogens (tertiary/aromatic N) is 1. The lowest BCUT2D eigenvalue weighted by Gasteiger charge is -2.14. The SMILES string of the molecule is COc1ccc(/C=C/C(=O)OCc2ccc(SC)cc2)cc1S(=O)(=O)N(C)C. The van der Waals surface area contributed by atoms with Crippen LogP contribution in [0.4, 0.5) is 0 Å². The summed E-state index contributed by atoms with van der Waals surface area (Å²) in [5.41, 5.74) is 1.44. The molecule has 0 amide bonds. The molecular formula is C20H23NO5S2. The standard InChI is InChI=1S/C20H23NO5S2/c1-21(2)28(23,24)19-13-15(7-11-18(19)25-3)8-12-20(22)26-14-16-5-9-17(27-4)10-6-16/h5-13H,14H2,1-4H3/b12-8+. The Kier molecular flexibility index (Phi) is 7.68. The highest BCUT2D eigenvalue weighted by molar-refractivity contribution is 7.98. The van der Waals surface area contributed by atoms with Crippen LogP contribution in [-0.2, 0) is 26.2 Å². The number of esters is 1. The molecule has 0 bridgehead atoms. The molecule has 0 saturated carbocycles. The van der Waals surface area contributed by atoms with Crippen molar-refractivity contribution >= 4 is 33.8 Å². The number of thioether (sulfide) groups is 1. The first-order valence-electron chi connectivity index (χ1n) is 8.36. The number of carbonyl (C=O) groups is 1. The number of benzene rings is 2. The van der Waals surface area contributed by atoms with Crippen molar-refractivity contribution in [1.29, 1.82) is 0 Å². The van der Waals surface area contributed by atoms with Gasteiger partial charge in [0, 0.05) is 25.1 Å². The first kappa shape index (κ1) is 22.0. The average molecular weight is 422 g/mol. The summed E-state index contributed by atoms with van der Waals surface area (Å²) < 4.78 is 36.3. The van der Waals surface area contributed by atoms with Gasteiger partial charge in [-0.2, -0.15) is 0 Å². The van der Waals surface area contributed by atoms with Gasteiger partial charge in [0.15, 0.2) is 0 Å². The fourth-order valence-corrected chi connectivity index (χ4v) is 3.78. The molecule has 0 unspecified atom stereocenters. The molecule has 2 aromatic carbocycles. The van der Waals surface area contributed by atoms with Crippen molar-refractivity contribution in [3.05, 3.63) is 59.7 Å². The lowest BCUT2D eigenvalue weighted by molar-refractivity contribution is -0.138. The molecule has 0 atom stereocenters. The maximum absolute atomic E-state index is 12.4. The van der Waals surface area contributed by atoms with Crippen LogP contribution in [0.2, 0.25) is 0 Å². The highest BCUT2D eigenvalue weighted by Crippen LogP contribution is 2.27. The van der Waals surface area contributed by atoms with Crippen LogP contribution in [0.25, 0.3) is 6.08 Å². The third-order valence-electron chi connectivity index (χ3n) is 3.90. The lowest BCUT2D eigenvalue weighted by Crippen LogP contribution is -2.22. The lowest BCUT2D eigenvalue weighted by atomic mass is 10.2. The van der Waals surface area contributed by atoms with Gasteiger partial charge in [0.25, 0.3) is 0 Å². The topological polar surface area (TPSA) is 72.9 Å². The molecule has 150 valence electrons. The van der Waals surface area contributed by atoms with Crippen LogP contribution >= 0.6 is 11.8 Å². The van der Waals surface area contributed by atoms with Crippen LogP contribution in [-0.4, -0.2) is 46.2 Å². The molecule has 0 radical (unpaired) electrons. The van der Waals surface area contributed by atoms with E-state index in [-0.39, 0.29) is 17.3 Å². The Balaban J connectivity index is 2.09. The second kappa shape index (κ2) is 9.77. The normalized spacial score (nSPS) is 11.8. The molecule has 0 aliphatic carbocycles. The second-order valence-corrected chi connectivity index (χ2v) is 8.99. The Labute approximate surface area is 170 Å². The molecule has 28 heavy (non-hydrogen) atoms. The number of ether oxygens (including phenoxy) is 2. The van der Waals surface area contributed by atoms with Crippen molar-refractivity contribution in [2.75, 3.05) is 27.5 Å². The number of sulfonamides is 1. The van der Waals surface area contributed by atoms with Crippen LogP contribution in [0.3, 0.4) is 0 Å². The van der Waals surface area contributed by atoms with Gasteiger partial charge >= 0.3 is 5.97 Å². The monoisotopic (exact) mass is 421 g/mol. The van der Waals surface area contributed by atoms with E-state index < -0.39 is 16.0 Å². The van der Waals surface area contributed by atoms with Crippen molar-refractivity contribution in [2.45, 2.75) is 16.4 Å². The molecule has 0 heterocycles. The number of hydrogen-bond donors (Lipinski definition) is 0. The van der Waals surface area contributed by atoms with Gasteiger partial charge in [0.2, 0.25) is 10.0 Å². The highest BCUT2D eigenvalue weighted by Gasteiger charge is 2.22. The zero-order valence-electron chi connectivity index (χ0n) is 16.2. The average Bonchev–Trinajstić information content (AvgIpc) is 2.70. The van der Waals surface area contributed by atoms with Gasteiger partial charge in [0.05, 0.1) is 7.11 Å². The maximum Gasteiger partial charge on any atom is 0.331 e. The Bertz CT molecular complexity index is 951. The summed E-state index contributed by atoms with van der Waals surface area (Å²) >= 11 is 1.64. The molecule has 0 spiro atoms. The summed E-state index contributed by atoms with van der Waals surface area (Å²) in [6, 6.07) is 12.4. The van der Waals surface area contributed by atoms with Gasteiger partial charge in [-0.1, -0.05) is 18.2 Å². The molecule has 0 aromatic heterocycles. The number of carbonyl (C=O) groups excluding carboxylic acids is 1. The van der Waals surface area contributed by atoms with Crippen LogP contribution < -0.4 is 4.74 Å². The molecule has 8 heteroatoms. The molecule has 0 N–H and O–H groups in total. The van der Waals surface area contributed by atoms with E-state index in [1.807, 2.05) is 30.5 Å². The van der Waals surface area contributed by atoms with E-state index in [1.54, 1.807) is 23.9 Å². The van der Waals surface area contributed by atoms with E-state index in [0.717, 1.165) is 14.8 Å². The first-order valence-corrected chi connectivity index (χ1v) is 11.0. The van der Waals surface area contributed by atoms with E-state index in [0.29, 0.717) is 5.56 Å². The van der Waals surface area contributed by atoms with Gasteiger partial charge < -0.3 is 9.47 Å². The first-order chi connectivity index (χ1) is 13.3. The number of hydrogen-bond acceptors (Lipinski definition) is 6. The summed E-state index contributed by atoms with van der Waals surface area (Å²) in [5, 5.41) is 0. The molecule has 2 rings (SSSR count). The van der Waals surface area contributed by atoms with Gasteiger partial charge in [-0.25, -0.2) is 17.5 Å². The third-order valence-corrected chi connectivity index (χ3v) is 6.48. The second-order valence-electron chi connectivity index (χ2n) is 5.99. The molecule has 0 fully saturated rings. The molecule has 0 aliphatic rings. The van der Waals surface area contributed by atoms with Crippen LogP contribution in [0.5, 0.6) is 5.75 Å². The zero-order chi connectivity index (χ0) is 20.7. The predicted molar refractivity (Wildman–Crippen MR) is 111 cm³/mol. The van der Waals surface area contributed by atoms with Crippen LogP contribution in [0, 0.1) is 0 Å². The van der Waals surface area contributed by atoms with Crippen molar-refractivity contribution in [2.24, 2.45) is 0 Å². The summed E-state index contributed by atoms with van der Waals surface area (Å²) in [5.74, 6) is -0.274. The molecule has 0 aliphatic heterocycles. The Morgan fingerprint density at radius 1 is 1.14 bits per heavy atom. The van der Waals surface area contributed by atoms with Crippen LogP contribution in [0.1, 0.15) is 11.1 Å². The summed E-state index contributed by atoms with van der Waals surface area (Å²) in [4.78, 5) is 13.1. The van der Waals surface area contributed by atoms with Crippen molar-refractivity contribution in [3.63, 3.8) is 0 Å². The van der Waals surface area contributed by atoms with E-state index >= 15 is 0 Å². The fourth-order valence-electron chi connectivity index (χ4n) is 2.28. The quantitative estimate of drug-likeness (QED) is 0.369. The van der Waals surface area contributed by atoms with Gasteiger partial charge in [-0.15, -0.1) is 11.8 Å². The van der Waals surface area contributed by atoms with E-state index in [2.05, 4.69) is 0 Å². The van der Waals surface area contributed by atoms with Crippen molar-refractivity contribution in [1.82, 2.24) is 4.31 Å². The largest absolute Gasteiger partial charge is 0.495 e. The van der Waals surface area contributed by atoms with Crippen LogP contribution in [0.15, 0.2) is 58.3 Å². The minimum atomic E-state index is -3.68. The zero-order valence-corrected chi connectivity index (χ0v) is 17.8. The maximum atomic E-state index is 12.4. The molecule has 2 aromatic rings. The van der Waals surface area contributed by atoms with Gasteiger partial charge in [0.1, 0.15) is 17.3 Å². The highest BCUT2D eigenvalue weighted by atomic mass is 32.2. The molecule has 0 saturated heterocycles. The summed E-state index contributed by atoms with van der Waals surface area (Å²) in [6.45, 7) is 0.167. The van der Waals surface area contributed by atoms with E-state index in [4.69, 9.17) is 9.47 Å². The van der Waals surface area contributed by atoms with E-state index in [1.165, 1.54) is 39.4 Å². The Hall–Kier alpha value is -2.29. The predicted octanol–water partition coefficient (Wildman–Crippen LogP) is 3.42. The third kappa shape index (κ3) is 5.60. The molecular weight excluding hydrogens is 398 g/mol. The van der Waals surface area contributed by atoms with Crippen molar-refractivity contribution < 1.29 is 22.7 Å². The summed E-state index contributed by atoms with van der Waals surface area (Å²) in [6.07, 6.45) is 4.77. The molecule has 6 nitrogen and oxygen atoms in total. The number of methoxy groups -OCH3 is 1. The minimum absolute atomic E-state index is 0.0319. The van der Waals surface area contributed by atoms with Gasteiger partial charge in [-0.3, -0.25) is 0 Å². The van der Waals surface area contributed by atoms with Gasteiger partial charge in [-0.05, 0) is 47.7 Å². The smallest absolute Gasteiger partial charge is 0.331 e. The summed E-state index contributed by atoms with van der Waals surface area (Å²) in [7, 11) is 0.619. The van der Waals surface area contributed by atoms with E-state index in [9.17, 15) is 13.2 Å². The minimum Gasteiger partial charge on any atom is -0.495 e. The Morgan fingerprint density at radius 3 is 2.39 bits per heavy atom. The van der Waals surface area contributed by atoms with Crippen molar-refractivity contribution in [3.8, 4) is 5.75 Å². The Morgan fingerprint density at radius 2 is 1.82 bits per heavy atom. The fraction of sp³-hybridized carbons (Fsp3) is 0.250.